The molecular formula is C15H28N2O4. The summed E-state index contributed by atoms with van der Waals surface area (Å²) in [7, 11) is 1.39. The van der Waals surface area contributed by atoms with Crippen LogP contribution in [0, 0.1) is 0 Å². The van der Waals surface area contributed by atoms with Gasteiger partial charge in [0.15, 0.2) is 0 Å². The van der Waals surface area contributed by atoms with E-state index >= 15 is 0 Å². The Bertz CT molecular complexity index is 380. The molecule has 0 aromatic rings. The summed E-state index contributed by atoms with van der Waals surface area (Å²) in [6.07, 6.45) is -0.298. The van der Waals surface area contributed by atoms with Crippen molar-refractivity contribution in [3.8, 4) is 0 Å². The Balaban J connectivity index is 2.74. The van der Waals surface area contributed by atoms with Gasteiger partial charge in [0.2, 0.25) is 0 Å². The first-order valence-electron chi connectivity index (χ1n) is 7.40. The van der Waals surface area contributed by atoms with E-state index in [0.717, 1.165) is 0 Å². The molecule has 6 nitrogen and oxygen atoms in total. The van der Waals surface area contributed by atoms with Crippen molar-refractivity contribution in [3.05, 3.63) is 0 Å². The minimum absolute atomic E-state index is 0.0179. The second kappa shape index (κ2) is 6.64. The summed E-state index contributed by atoms with van der Waals surface area (Å²) in [5, 5.41) is 0. The molecule has 1 amide bonds. The molecule has 122 valence electrons. The molecule has 21 heavy (non-hydrogen) atoms. The van der Waals surface area contributed by atoms with Crippen LogP contribution in [-0.4, -0.2) is 65.8 Å². The van der Waals surface area contributed by atoms with Crippen molar-refractivity contribution >= 4 is 12.1 Å². The van der Waals surface area contributed by atoms with Gasteiger partial charge in [0.05, 0.1) is 7.11 Å². The van der Waals surface area contributed by atoms with Crippen molar-refractivity contribution in [2.24, 2.45) is 0 Å². The zero-order chi connectivity index (χ0) is 16.4. The van der Waals surface area contributed by atoms with E-state index in [1.807, 2.05) is 46.4 Å². The molecule has 1 aliphatic rings. The molecule has 1 heterocycles. The number of methoxy groups -OCH3 is 1. The van der Waals surface area contributed by atoms with Gasteiger partial charge in [-0.3, -0.25) is 9.69 Å². The van der Waals surface area contributed by atoms with E-state index in [1.54, 1.807) is 4.90 Å². The van der Waals surface area contributed by atoms with E-state index < -0.39 is 5.60 Å². The van der Waals surface area contributed by atoms with Crippen LogP contribution >= 0.6 is 0 Å². The molecule has 0 aromatic carbocycles. The van der Waals surface area contributed by atoms with Crippen molar-refractivity contribution < 1.29 is 19.1 Å². The molecule has 1 rings (SSSR count). The van der Waals surface area contributed by atoms with E-state index in [2.05, 4.69) is 0 Å². The summed E-state index contributed by atoms with van der Waals surface area (Å²) in [6, 6.07) is -0.341. The minimum atomic E-state index is -0.507. The molecule has 1 aliphatic heterocycles. The molecule has 1 fully saturated rings. The lowest BCUT2D eigenvalue weighted by atomic mass is 10.1. The number of ether oxygens (including phenoxy) is 2. The SMILES string of the molecule is COC(=O)C(C)N1CC(C)N(C(=O)OC(C)(C)C)C(C)C1. The van der Waals surface area contributed by atoms with E-state index in [0.29, 0.717) is 13.1 Å². The fourth-order valence-corrected chi connectivity index (χ4v) is 2.67. The first kappa shape index (κ1) is 17.8. The van der Waals surface area contributed by atoms with Crippen LogP contribution in [-0.2, 0) is 14.3 Å². The van der Waals surface area contributed by atoms with Gasteiger partial charge in [0.25, 0.3) is 0 Å². The predicted octanol–water partition coefficient (Wildman–Crippen LogP) is 1.88. The summed E-state index contributed by atoms with van der Waals surface area (Å²) in [6.45, 7) is 12.6. The van der Waals surface area contributed by atoms with E-state index in [-0.39, 0.29) is 30.2 Å². The molecule has 1 saturated heterocycles. The van der Waals surface area contributed by atoms with Crippen molar-refractivity contribution in [1.29, 1.82) is 0 Å². The van der Waals surface area contributed by atoms with Gasteiger partial charge < -0.3 is 14.4 Å². The lowest BCUT2D eigenvalue weighted by molar-refractivity contribution is -0.147. The lowest BCUT2D eigenvalue weighted by Crippen LogP contribution is -2.61. The average molecular weight is 300 g/mol. The van der Waals surface area contributed by atoms with Crippen molar-refractivity contribution in [2.75, 3.05) is 20.2 Å². The smallest absolute Gasteiger partial charge is 0.410 e. The Morgan fingerprint density at radius 1 is 1.14 bits per heavy atom. The van der Waals surface area contributed by atoms with Crippen LogP contribution in [0.4, 0.5) is 4.79 Å². The van der Waals surface area contributed by atoms with Crippen LogP contribution in [0.15, 0.2) is 0 Å². The highest BCUT2D eigenvalue weighted by Crippen LogP contribution is 2.21. The molecule has 3 unspecified atom stereocenters. The van der Waals surface area contributed by atoms with E-state index in [1.165, 1.54) is 7.11 Å². The maximum Gasteiger partial charge on any atom is 0.410 e. The number of hydrogen-bond donors (Lipinski definition) is 0. The maximum atomic E-state index is 12.3. The molecular weight excluding hydrogens is 272 g/mol. The predicted molar refractivity (Wildman–Crippen MR) is 80.0 cm³/mol. The largest absolute Gasteiger partial charge is 0.468 e. The van der Waals surface area contributed by atoms with Gasteiger partial charge in [0, 0.05) is 25.2 Å². The number of nitrogens with zero attached hydrogens (tertiary/aromatic N) is 2. The Morgan fingerprint density at radius 2 is 1.62 bits per heavy atom. The zero-order valence-electron chi connectivity index (χ0n) is 14.2. The third-order valence-corrected chi connectivity index (χ3v) is 3.64. The number of carbonyl (C=O) groups is 2. The highest BCUT2D eigenvalue weighted by molar-refractivity contribution is 5.75. The highest BCUT2D eigenvalue weighted by Gasteiger charge is 2.38. The topological polar surface area (TPSA) is 59.1 Å². The van der Waals surface area contributed by atoms with Gasteiger partial charge in [-0.2, -0.15) is 0 Å². The zero-order valence-corrected chi connectivity index (χ0v) is 14.2. The van der Waals surface area contributed by atoms with Gasteiger partial charge in [-0.15, -0.1) is 0 Å². The van der Waals surface area contributed by atoms with Crippen LogP contribution < -0.4 is 0 Å². The lowest BCUT2D eigenvalue weighted by Gasteiger charge is -2.45. The second-order valence-electron chi connectivity index (χ2n) is 6.74. The summed E-state index contributed by atoms with van der Waals surface area (Å²) in [4.78, 5) is 27.8. The molecule has 0 bridgehead atoms. The van der Waals surface area contributed by atoms with Gasteiger partial charge in [-0.1, -0.05) is 0 Å². The average Bonchev–Trinajstić information content (AvgIpc) is 2.33. The quantitative estimate of drug-likeness (QED) is 0.729. The van der Waals surface area contributed by atoms with Crippen LogP contribution in [0.5, 0.6) is 0 Å². The third kappa shape index (κ3) is 4.59. The number of esters is 1. The Morgan fingerprint density at radius 3 is 2.00 bits per heavy atom. The first-order valence-corrected chi connectivity index (χ1v) is 7.40. The number of amides is 1. The first-order chi connectivity index (χ1) is 9.56. The van der Waals surface area contributed by atoms with Crippen molar-refractivity contribution in [2.45, 2.75) is 65.3 Å². The van der Waals surface area contributed by atoms with Gasteiger partial charge >= 0.3 is 12.1 Å². The van der Waals surface area contributed by atoms with Crippen LogP contribution in [0.25, 0.3) is 0 Å². The third-order valence-electron chi connectivity index (χ3n) is 3.64. The molecule has 0 aromatic heterocycles. The molecule has 6 heteroatoms. The number of carbonyl (C=O) groups excluding carboxylic acids is 2. The van der Waals surface area contributed by atoms with Gasteiger partial charge in [-0.25, -0.2) is 4.79 Å². The molecule has 3 atom stereocenters. The second-order valence-corrected chi connectivity index (χ2v) is 6.74. The minimum Gasteiger partial charge on any atom is -0.468 e. The Hall–Kier alpha value is -1.30. The Labute approximate surface area is 127 Å². The number of hydrogen-bond acceptors (Lipinski definition) is 5. The summed E-state index contributed by atoms with van der Waals surface area (Å²) in [5.74, 6) is -0.250. The highest BCUT2D eigenvalue weighted by atomic mass is 16.6. The molecule has 0 spiro atoms. The fraction of sp³-hybridized carbons (Fsp3) is 0.867. The summed E-state index contributed by atoms with van der Waals surface area (Å²) < 4.78 is 10.2. The summed E-state index contributed by atoms with van der Waals surface area (Å²) >= 11 is 0. The normalized spacial score (nSPS) is 25.4. The summed E-state index contributed by atoms with van der Waals surface area (Å²) in [5.41, 5.74) is -0.507. The molecule has 0 radical (unpaired) electrons. The van der Waals surface area contributed by atoms with Crippen LogP contribution in [0.1, 0.15) is 41.5 Å². The maximum absolute atomic E-state index is 12.3. The van der Waals surface area contributed by atoms with Crippen LogP contribution in [0.3, 0.4) is 0 Å². The number of piperazine rings is 1. The van der Waals surface area contributed by atoms with E-state index in [4.69, 9.17) is 9.47 Å². The number of rotatable bonds is 2. The standard InChI is InChI=1S/C15H28N2O4/c1-10-8-16(12(3)13(18)20-7)9-11(2)17(10)14(19)21-15(4,5)6/h10-12H,8-9H2,1-7H3. The molecule has 0 N–H and O–H groups in total. The molecule has 0 aliphatic carbocycles. The van der Waals surface area contributed by atoms with Gasteiger partial charge in [-0.05, 0) is 41.5 Å². The van der Waals surface area contributed by atoms with Crippen molar-refractivity contribution in [3.63, 3.8) is 0 Å². The molecule has 0 saturated carbocycles. The monoisotopic (exact) mass is 300 g/mol. The van der Waals surface area contributed by atoms with E-state index in [9.17, 15) is 9.59 Å². The van der Waals surface area contributed by atoms with Gasteiger partial charge in [0.1, 0.15) is 11.6 Å². The van der Waals surface area contributed by atoms with Crippen LogP contribution in [0.2, 0.25) is 0 Å². The Kier molecular flexibility index (Phi) is 5.61. The van der Waals surface area contributed by atoms with Crippen molar-refractivity contribution in [1.82, 2.24) is 9.80 Å². The fourth-order valence-electron chi connectivity index (χ4n) is 2.67.